The third-order valence-electron chi connectivity index (χ3n) is 5.86. The first-order valence-corrected chi connectivity index (χ1v) is 11.1. The summed E-state index contributed by atoms with van der Waals surface area (Å²) in [5.41, 5.74) is -1.42. The fourth-order valence-corrected chi connectivity index (χ4v) is 4.15. The third kappa shape index (κ3) is 5.65. The van der Waals surface area contributed by atoms with Gasteiger partial charge in [0.15, 0.2) is 0 Å². The molecule has 1 aliphatic carbocycles. The fourth-order valence-electron chi connectivity index (χ4n) is 3.77. The lowest BCUT2D eigenvalue weighted by Gasteiger charge is -2.19. The number of pyridine rings is 1. The molecule has 0 aliphatic heterocycles. The maximum atomic E-state index is 13.2. The highest BCUT2D eigenvalue weighted by atomic mass is 35.5. The van der Waals surface area contributed by atoms with E-state index in [1.807, 2.05) is 0 Å². The summed E-state index contributed by atoms with van der Waals surface area (Å²) in [7, 11) is 0. The lowest BCUT2D eigenvalue weighted by molar-refractivity contribution is -0.141. The number of benzene rings is 2. The van der Waals surface area contributed by atoms with Gasteiger partial charge >= 0.3 is 12.4 Å². The van der Waals surface area contributed by atoms with Crippen molar-refractivity contribution in [1.82, 2.24) is 10.3 Å². The van der Waals surface area contributed by atoms with Crippen LogP contribution in [0.2, 0.25) is 5.02 Å². The zero-order chi connectivity index (χ0) is 26.1. The predicted octanol–water partition coefficient (Wildman–Crippen LogP) is 6.63. The smallest absolute Gasteiger partial charge is 0.351 e. The van der Waals surface area contributed by atoms with Crippen LogP contribution in [-0.2, 0) is 17.8 Å². The molecule has 10 heteroatoms. The molecule has 1 aromatic heterocycles. The molecular weight excluding hydrogens is 506 g/mol. The Morgan fingerprint density at radius 2 is 1.61 bits per heavy atom. The van der Waals surface area contributed by atoms with Gasteiger partial charge in [0, 0.05) is 34.3 Å². The molecule has 0 radical (unpaired) electrons. The van der Waals surface area contributed by atoms with Crippen LogP contribution in [0, 0.1) is 11.8 Å². The molecule has 3 aromatic rings. The van der Waals surface area contributed by atoms with Crippen molar-refractivity contribution in [3.05, 3.63) is 99.3 Å². The molecule has 1 N–H and O–H groups in total. The Labute approximate surface area is 207 Å². The average molecular weight is 523 g/mol. The van der Waals surface area contributed by atoms with Crippen LogP contribution in [0.3, 0.4) is 0 Å². The number of carbonyl (C=O) groups is 1. The largest absolute Gasteiger partial charge is 0.433 e. The van der Waals surface area contributed by atoms with Gasteiger partial charge in [0.1, 0.15) is 5.69 Å². The van der Waals surface area contributed by atoms with Crippen LogP contribution in [0.1, 0.15) is 51.1 Å². The van der Waals surface area contributed by atoms with Crippen LogP contribution in [0.15, 0.2) is 60.8 Å². The van der Waals surface area contributed by atoms with E-state index in [0.717, 1.165) is 30.0 Å². The van der Waals surface area contributed by atoms with Crippen LogP contribution < -0.4 is 5.32 Å². The maximum absolute atomic E-state index is 13.2. The van der Waals surface area contributed by atoms with E-state index in [1.165, 1.54) is 18.2 Å². The van der Waals surface area contributed by atoms with Gasteiger partial charge in [-0.25, -0.2) is 0 Å². The summed E-state index contributed by atoms with van der Waals surface area (Å²) in [5.74, 6) is 4.73. The number of aromatic nitrogens is 1. The Bertz CT molecular complexity index is 1350. The maximum Gasteiger partial charge on any atom is 0.433 e. The quantitative estimate of drug-likeness (QED) is 0.308. The number of hydrogen-bond donors (Lipinski definition) is 1. The standard InChI is InChI=1S/C26H17ClF6N2O/c27-21-13-16(5-6-17-8-10-22(34-14-17)26(31,32)33)7-9-20(21)24(11-12-24)15-35-23(36)18-3-1-2-4-19(18)25(28,29)30/h1-4,7-10,13-14H,11-12,15H2,(H,35,36). The van der Waals surface area contributed by atoms with Crippen molar-refractivity contribution in [2.75, 3.05) is 6.54 Å². The Morgan fingerprint density at radius 1 is 0.944 bits per heavy atom. The summed E-state index contributed by atoms with van der Waals surface area (Å²) in [6.07, 6.45) is -6.77. The molecule has 36 heavy (non-hydrogen) atoms. The molecule has 0 saturated heterocycles. The first-order valence-electron chi connectivity index (χ1n) is 10.7. The summed E-state index contributed by atoms with van der Waals surface area (Å²) in [6, 6.07) is 11.7. The highest BCUT2D eigenvalue weighted by Crippen LogP contribution is 2.50. The van der Waals surface area contributed by atoms with Gasteiger partial charge in [0.2, 0.25) is 0 Å². The zero-order valence-corrected chi connectivity index (χ0v) is 19.2. The van der Waals surface area contributed by atoms with Crippen molar-refractivity contribution in [3.63, 3.8) is 0 Å². The van der Waals surface area contributed by atoms with Gasteiger partial charge in [-0.05, 0) is 54.8 Å². The van der Waals surface area contributed by atoms with Gasteiger partial charge in [0.25, 0.3) is 5.91 Å². The third-order valence-corrected chi connectivity index (χ3v) is 6.18. The van der Waals surface area contributed by atoms with Gasteiger partial charge < -0.3 is 5.32 Å². The molecule has 1 heterocycles. The number of carbonyl (C=O) groups excluding carboxylic acids is 1. The number of amides is 1. The number of alkyl halides is 6. The Balaban J connectivity index is 1.46. The zero-order valence-electron chi connectivity index (χ0n) is 18.4. The predicted molar refractivity (Wildman–Crippen MR) is 121 cm³/mol. The van der Waals surface area contributed by atoms with E-state index in [1.54, 1.807) is 18.2 Å². The topological polar surface area (TPSA) is 42.0 Å². The minimum atomic E-state index is -4.65. The molecule has 0 bridgehead atoms. The number of nitrogens with one attached hydrogen (secondary N) is 1. The van der Waals surface area contributed by atoms with E-state index in [0.29, 0.717) is 29.0 Å². The molecule has 3 nitrogen and oxygen atoms in total. The Hall–Kier alpha value is -3.51. The summed E-state index contributed by atoms with van der Waals surface area (Å²) in [4.78, 5) is 15.9. The van der Waals surface area contributed by atoms with Crippen molar-refractivity contribution in [2.45, 2.75) is 30.6 Å². The molecule has 4 rings (SSSR count). The van der Waals surface area contributed by atoms with Gasteiger partial charge in [-0.15, -0.1) is 0 Å². The van der Waals surface area contributed by atoms with Crippen molar-refractivity contribution in [2.24, 2.45) is 0 Å². The number of nitrogens with zero attached hydrogens (tertiary/aromatic N) is 1. The number of halogens is 7. The highest BCUT2D eigenvalue weighted by Gasteiger charge is 2.46. The summed E-state index contributed by atoms with van der Waals surface area (Å²) in [5, 5.41) is 2.97. The SMILES string of the molecule is O=C(NCC1(c2ccc(C#Cc3ccc(C(F)(F)F)nc3)cc2Cl)CC1)c1ccccc1C(F)(F)F. The van der Waals surface area contributed by atoms with Crippen LogP contribution in [0.5, 0.6) is 0 Å². The van der Waals surface area contributed by atoms with Crippen molar-refractivity contribution in [3.8, 4) is 11.8 Å². The normalized spacial score (nSPS) is 14.5. The van der Waals surface area contributed by atoms with Crippen molar-refractivity contribution >= 4 is 17.5 Å². The molecule has 1 aliphatic rings. The first kappa shape index (κ1) is 25.6. The first-order chi connectivity index (χ1) is 16.9. The van der Waals surface area contributed by atoms with Gasteiger partial charge in [0.05, 0.1) is 11.1 Å². The molecular formula is C26H17ClF6N2O. The summed E-state index contributed by atoms with van der Waals surface area (Å²) < 4.78 is 77.6. The minimum Gasteiger partial charge on any atom is -0.351 e. The van der Waals surface area contributed by atoms with E-state index in [-0.39, 0.29) is 6.54 Å². The van der Waals surface area contributed by atoms with Gasteiger partial charge in [-0.2, -0.15) is 26.3 Å². The second kappa shape index (κ2) is 9.51. The Morgan fingerprint density at radius 3 is 2.19 bits per heavy atom. The average Bonchev–Trinajstić information content (AvgIpc) is 3.61. The lowest BCUT2D eigenvalue weighted by atomic mass is 9.94. The van der Waals surface area contributed by atoms with Gasteiger partial charge in [-0.3, -0.25) is 9.78 Å². The molecule has 186 valence electrons. The van der Waals surface area contributed by atoms with Crippen LogP contribution in [0.25, 0.3) is 0 Å². The monoisotopic (exact) mass is 522 g/mol. The molecule has 0 unspecified atom stereocenters. The fraction of sp³-hybridized carbons (Fsp3) is 0.231. The lowest BCUT2D eigenvalue weighted by Crippen LogP contribution is -2.33. The van der Waals surface area contributed by atoms with Crippen molar-refractivity contribution < 1.29 is 31.1 Å². The van der Waals surface area contributed by atoms with E-state index in [9.17, 15) is 31.1 Å². The van der Waals surface area contributed by atoms with Crippen LogP contribution >= 0.6 is 11.6 Å². The van der Waals surface area contributed by atoms with Crippen LogP contribution in [-0.4, -0.2) is 17.4 Å². The van der Waals surface area contributed by atoms with E-state index < -0.39 is 40.5 Å². The van der Waals surface area contributed by atoms with Crippen LogP contribution in [0.4, 0.5) is 26.3 Å². The van der Waals surface area contributed by atoms with Gasteiger partial charge in [-0.1, -0.05) is 41.6 Å². The van der Waals surface area contributed by atoms with E-state index >= 15 is 0 Å². The molecule has 0 spiro atoms. The highest BCUT2D eigenvalue weighted by molar-refractivity contribution is 6.31. The van der Waals surface area contributed by atoms with E-state index in [2.05, 4.69) is 22.1 Å². The number of hydrogen-bond acceptors (Lipinski definition) is 2. The number of rotatable bonds is 4. The van der Waals surface area contributed by atoms with Crippen molar-refractivity contribution in [1.29, 1.82) is 0 Å². The summed E-state index contributed by atoms with van der Waals surface area (Å²) in [6.45, 7) is 0.111. The molecule has 1 fully saturated rings. The Kier molecular flexibility index (Phi) is 6.76. The molecule has 0 atom stereocenters. The molecule has 1 amide bonds. The molecule has 2 aromatic carbocycles. The second-order valence-corrected chi connectivity index (χ2v) is 8.79. The second-order valence-electron chi connectivity index (χ2n) is 8.38. The van der Waals surface area contributed by atoms with E-state index in [4.69, 9.17) is 11.6 Å². The molecule has 1 saturated carbocycles. The minimum absolute atomic E-state index is 0.111. The summed E-state index contributed by atoms with van der Waals surface area (Å²) >= 11 is 6.46.